The minimum Gasteiger partial charge on any atom is -0.367 e. The maximum absolute atomic E-state index is 5.30. The van der Waals surface area contributed by atoms with Crippen molar-refractivity contribution in [2.24, 2.45) is 11.3 Å². The number of nitrogens with one attached hydrogen (secondary N) is 2. The molecule has 4 N–H and O–H groups in total. The molecule has 0 fully saturated rings. The highest BCUT2D eigenvalue weighted by molar-refractivity contribution is 5.44. The summed E-state index contributed by atoms with van der Waals surface area (Å²) in [4.78, 5) is 4.30. The molecule has 0 spiro atoms. The Bertz CT molecular complexity index is 317. The van der Waals surface area contributed by atoms with Crippen LogP contribution >= 0.6 is 0 Å². The van der Waals surface area contributed by atoms with E-state index in [1.54, 1.807) is 0 Å². The standard InChI is InChI=1S/C11H20N4/c1-8(11(2,3)4)13-9-6-5-7-10(14-9)15-12/h5-8H,12H2,1-4H3,(H2,13,14,15). The fourth-order valence-electron chi connectivity index (χ4n) is 1.03. The van der Waals surface area contributed by atoms with Gasteiger partial charge in [-0.1, -0.05) is 26.8 Å². The molecule has 0 aliphatic heterocycles. The third-order valence-corrected chi connectivity index (χ3v) is 2.56. The second-order valence-electron chi connectivity index (χ2n) is 4.78. The maximum Gasteiger partial charge on any atom is 0.142 e. The summed E-state index contributed by atoms with van der Waals surface area (Å²) in [6.45, 7) is 8.71. The monoisotopic (exact) mass is 208 g/mol. The Labute approximate surface area is 91.3 Å². The molecule has 15 heavy (non-hydrogen) atoms. The molecule has 1 atom stereocenters. The lowest BCUT2D eigenvalue weighted by Gasteiger charge is -2.28. The van der Waals surface area contributed by atoms with Crippen LogP contribution in [0.5, 0.6) is 0 Å². The number of hydrogen-bond donors (Lipinski definition) is 3. The van der Waals surface area contributed by atoms with Crippen LogP contribution < -0.4 is 16.6 Å². The van der Waals surface area contributed by atoms with Crippen LogP contribution in [0.4, 0.5) is 11.6 Å². The van der Waals surface area contributed by atoms with Crippen LogP contribution in [-0.2, 0) is 0 Å². The molecule has 1 unspecified atom stereocenters. The van der Waals surface area contributed by atoms with Crippen molar-refractivity contribution in [3.63, 3.8) is 0 Å². The van der Waals surface area contributed by atoms with Crippen molar-refractivity contribution in [3.05, 3.63) is 18.2 Å². The fraction of sp³-hybridized carbons (Fsp3) is 0.545. The van der Waals surface area contributed by atoms with Gasteiger partial charge in [-0.15, -0.1) is 0 Å². The van der Waals surface area contributed by atoms with Crippen molar-refractivity contribution >= 4 is 11.6 Å². The van der Waals surface area contributed by atoms with E-state index >= 15 is 0 Å². The normalized spacial score (nSPS) is 13.4. The molecule has 0 bridgehead atoms. The van der Waals surface area contributed by atoms with E-state index in [0.29, 0.717) is 11.9 Å². The first-order chi connectivity index (χ1) is 6.93. The van der Waals surface area contributed by atoms with Gasteiger partial charge in [0.05, 0.1) is 0 Å². The van der Waals surface area contributed by atoms with Crippen LogP contribution in [0.3, 0.4) is 0 Å². The lowest BCUT2D eigenvalue weighted by Crippen LogP contribution is -2.31. The Morgan fingerprint density at radius 2 is 1.87 bits per heavy atom. The Morgan fingerprint density at radius 3 is 2.40 bits per heavy atom. The van der Waals surface area contributed by atoms with Gasteiger partial charge in [-0.3, -0.25) is 0 Å². The minimum atomic E-state index is 0.202. The molecule has 0 aliphatic carbocycles. The number of pyridine rings is 1. The summed E-state index contributed by atoms with van der Waals surface area (Å²) in [6.07, 6.45) is 0. The Hall–Kier alpha value is -1.29. The predicted octanol–water partition coefficient (Wildman–Crippen LogP) is 2.21. The third-order valence-electron chi connectivity index (χ3n) is 2.56. The van der Waals surface area contributed by atoms with E-state index in [-0.39, 0.29) is 5.41 Å². The van der Waals surface area contributed by atoms with Crippen LogP contribution in [0.25, 0.3) is 0 Å². The van der Waals surface area contributed by atoms with Crippen LogP contribution in [-0.4, -0.2) is 11.0 Å². The van der Waals surface area contributed by atoms with Crippen LogP contribution in [0.2, 0.25) is 0 Å². The molecule has 0 amide bonds. The lowest BCUT2D eigenvalue weighted by molar-refractivity contribution is 0.359. The second kappa shape index (κ2) is 4.49. The average Bonchev–Trinajstić information content (AvgIpc) is 2.16. The third kappa shape index (κ3) is 3.40. The highest BCUT2D eigenvalue weighted by atomic mass is 15.3. The largest absolute Gasteiger partial charge is 0.367 e. The van der Waals surface area contributed by atoms with Crippen LogP contribution in [0.15, 0.2) is 18.2 Å². The first-order valence-corrected chi connectivity index (χ1v) is 5.13. The Morgan fingerprint density at radius 1 is 1.27 bits per heavy atom. The molecule has 1 heterocycles. The molecule has 1 aromatic rings. The fourth-order valence-corrected chi connectivity index (χ4v) is 1.03. The van der Waals surface area contributed by atoms with Gasteiger partial charge in [-0.2, -0.15) is 0 Å². The van der Waals surface area contributed by atoms with Gasteiger partial charge < -0.3 is 10.7 Å². The van der Waals surface area contributed by atoms with Crippen molar-refractivity contribution in [2.75, 3.05) is 10.7 Å². The molecule has 0 radical (unpaired) electrons. The number of anilines is 2. The minimum absolute atomic E-state index is 0.202. The SMILES string of the molecule is CC(Nc1cccc(NN)n1)C(C)(C)C. The Kier molecular flexibility index (Phi) is 3.52. The van der Waals surface area contributed by atoms with E-state index in [9.17, 15) is 0 Å². The smallest absolute Gasteiger partial charge is 0.142 e. The van der Waals surface area contributed by atoms with Crippen molar-refractivity contribution in [2.45, 2.75) is 33.7 Å². The maximum atomic E-state index is 5.30. The number of hydrogen-bond acceptors (Lipinski definition) is 4. The number of aromatic nitrogens is 1. The molecule has 4 heteroatoms. The van der Waals surface area contributed by atoms with Gasteiger partial charge in [-0.05, 0) is 24.5 Å². The van der Waals surface area contributed by atoms with Gasteiger partial charge in [0.25, 0.3) is 0 Å². The van der Waals surface area contributed by atoms with Crippen LogP contribution in [0, 0.1) is 5.41 Å². The van der Waals surface area contributed by atoms with Gasteiger partial charge in [0, 0.05) is 6.04 Å². The average molecular weight is 208 g/mol. The first-order valence-electron chi connectivity index (χ1n) is 5.13. The predicted molar refractivity (Wildman–Crippen MR) is 64.6 cm³/mol. The van der Waals surface area contributed by atoms with Gasteiger partial charge >= 0.3 is 0 Å². The van der Waals surface area contributed by atoms with Gasteiger partial charge in [-0.25, -0.2) is 10.8 Å². The molecule has 1 rings (SSSR count). The molecule has 4 nitrogen and oxygen atoms in total. The second-order valence-corrected chi connectivity index (χ2v) is 4.78. The number of rotatable bonds is 3. The van der Waals surface area contributed by atoms with Gasteiger partial charge in [0.1, 0.15) is 11.6 Å². The summed E-state index contributed by atoms with van der Waals surface area (Å²) >= 11 is 0. The number of hydrazine groups is 1. The lowest BCUT2D eigenvalue weighted by atomic mass is 9.88. The molecular weight excluding hydrogens is 188 g/mol. The number of nitrogens with two attached hydrogens (primary N) is 1. The number of nitrogens with zero attached hydrogens (tertiary/aromatic N) is 1. The zero-order chi connectivity index (χ0) is 11.5. The highest BCUT2D eigenvalue weighted by Crippen LogP contribution is 2.22. The molecule has 84 valence electrons. The molecule has 1 aromatic heterocycles. The van der Waals surface area contributed by atoms with Gasteiger partial charge in [0.2, 0.25) is 0 Å². The van der Waals surface area contributed by atoms with Crippen molar-refractivity contribution < 1.29 is 0 Å². The molecule has 0 saturated heterocycles. The van der Waals surface area contributed by atoms with E-state index in [4.69, 9.17) is 5.84 Å². The van der Waals surface area contributed by atoms with Gasteiger partial charge in [0.15, 0.2) is 0 Å². The summed E-state index contributed by atoms with van der Waals surface area (Å²) < 4.78 is 0. The van der Waals surface area contributed by atoms with Crippen LogP contribution in [0.1, 0.15) is 27.7 Å². The molecular formula is C11H20N4. The zero-order valence-electron chi connectivity index (χ0n) is 9.83. The Balaban J connectivity index is 2.72. The molecule has 0 saturated carbocycles. The van der Waals surface area contributed by atoms with E-state index in [1.165, 1.54) is 0 Å². The summed E-state index contributed by atoms with van der Waals surface area (Å²) in [7, 11) is 0. The number of nitrogen functional groups attached to an aromatic ring is 1. The highest BCUT2D eigenvalue weighted by Gasteiger charge is 2.19. The zero-order valence-corrected chi connectivity index (χ0v) is 9.83. The van der Waals surface area contributed by atoms with E-state index in [1.807, 2.05) is 18.2 Å². The summed E-state index contributed by atoms with van der Waals surface area (Å²) in [5.41, 5.74) is 2.73. The van der Waals surface area contributed by atoms with Crippen molar-refractivity contribution in [1.82, 2.24) is 4.98 Å². The van der Waals surface area contributed by atoms with Crippen molar-refractivity contribution in [1.29, 1.82) is 0 Å². The van der Waals surface area contributed by atoms with E-state index < -0.39 is 0 Å². The van der Waals surface area contributed by atoms with Crippen molar-refractivity contribution in [3.8, 4) is 0 Å². The summed E-state index contributed by atoms with van der Waals surface area (Å²) in [5, 5.41) is 3.35. The topological polar surface area (TPSA) is 63.0 Å². The summed E-state index contributed by atoms with van der Waals surface area (Å²) in [6, 6.07) is 6.02. The summed E-state index contributed by atoms with van der Waals surface area (Å²) in [5.74, 6) is 6.80. The first kappa shape index (κ1) is 11.8. The van der Waals surface area contributed by atoms with E-state index in [0.717, 1.165) is 5.82 Å². The quantitative estimate of drug-likeness (QED) is 0.526. The molecule has 0 aromatic carbocycles. The van der Waals surface area contributed by atoms with E-state index in [2.05, 4.69) is 43.4 Å². The molecule has 0 aliphatic rings.